The van der Waals surface area contributed by atoms with E-state index in [1.54, 1.807) is 0 Å². The van der Waals surface area contributed by atoms with Crippen molar-refractivity contribution >= 4 is 21.4 Å². The van der Waals surface area contributed by atoms with Crippen LogP contribution in [0, 0.1) is 5.92 Å². The highest BCUT2D eigenvalue weighted by atomic mass is 35.5. The fourth-order valence-corrected chi connectivity index (χ4v) is 3.38. The fourth-order valence-electron chi connectivity index (χ4n) is 1.50. The molecule has 0 saturated carbocycles. The van der Waals surface area contributed by atoms with Crippen LogP contribution >= 0.6 is 11.6 Å². The third-order valence-electron chi connectivity index (χ3n) is 2.50. The highest BCUT2D eigenvalue weighted by Crippen LogP contribution is 2.27. The average Bonchev–Trinajstić information content (AvgIpc) is 2.27. The van der Waals surface area contributed by atoms with Gasteiger partial charge in [0.25, 0.3) is 0 Å². The number of nitrogens with two attached hydrogens (primary N) is 1. The summed E-state index contributed by atoms with van der Waals surface area (Å²) in [6.07, 6.45) is -4.61. The van der Waals surface area contributed by atoms with Gasteiger partial charge >= 0.3 is 6.18 Å². The zero-order valence-electron chi connectivity index (χ0n) is 9.82. The van der Waals surface area contributed by atoms with E-state index < -0.39 is 40.0 Å². The molecular formula is C11H13ClF3NO2S. The van der Waals surface area contributed by atoms with Crippen LogP contribution in [0.2, 0.25) is 5.02 Å². The Balaban J connectivity index is 2.79. The van der Waals surface area contributed by atoms with Gasteiger partial charge in [0, 0.05) is 11.6 Å². The normalized spacial score (nSPS) is 14.4. The molecule has 0 aliphatic rings. The average molecular weight is 316 g/mol. The van der Waals surface area contributed by atoms with E-state index >= 15 is 0 Å². The first-order valence-electron chi connectivity index (χ1n) is 5.35. The van der Waals surface area contributed by atoms with Crippen molar-refractivity contribution in [3.8, 4) is 0 Å². The Kier molecular flexibility index (Phi) is 5.23. The van der Waals surface area contributed by atoms with Crippen LogP contribution in [0.25, 0.3) is 0 Å². The molecular weight excluding hydrogens is 303 g/mol. The predicted molar refractivity (Wildman–Crippen MR) is 67.5 cm³/mol. The Morgan fingerprint density at radius 3 is 2.16 bits per heavy atom. The van der Waals surface area contributed by atoms with Gasteiger partial charge in [-0.3, -0.25) is 0 Å². The minimum absolute atomic E-state index is 0.391. The minimum atomic E-state index is -4.61. The molecule has 0 heterocycles. The summed E-state index contributed by atoms with van der Waals surface area (Å²) >= 11 is 5.63. The summed E-state index contributed by atoms with van der Waals surface area (Å²) in [5.74, 6) is -3.50. The van der Waals surface area contributed by atoms with Crippen LogP contribution in [0.5, 0.6) is 0 Å². The van der Waals surface area contributed by atoms with Gasteiger partial charge in [-0.05, 0) is 17.7 Å². The highest BCUT2D eigenvalue weighted by Gasteiger charge is 2.41. The first-order chi connectivity index (χ1) is 8.64. The number of alkyl halides is 3. The molecule has 1 aromatic rings. The lowest BCUT2D eigenvalue weighted by Crippen LogP contribution is -2.36. The Morgan fingerprint density at radius 1 is 1.21 bits per heavy atom. The molecule has 0 spiro atoms. The van der Waals surface area contributed by atoms with Crippen molar-refractivity contribution in [2.45, 2.75) is 11.9 Å². The number of rotatable bonds is 5. The monoisotopic (exact) mass is 315 g/mol. The van der Waals surface area contributed by atoms with E-state index in [2.05, 4.69) is 0 Å². The third kappa shape index (κ3) is 5.38. The topological polar surface area (TPSA) is 60.2 Å². The maximum absolute atomic E-state index is 12.5. The van der Waals surface area contributed by atoms with Gasteiger partial charge in [-0.25, -0.2) is 8.42 Å². The molecule has 0 saturated heterocycles. The lowest BCUT2D eigenvalue weighted by atomic mass is 10.2. The minimum Gasteiger partial charge on any atom is -0.330 e. The van der Waals surface area contributed by atoms with Crippen molar-refractivity contribution in [3.05, 3.63) is 34.9 Å². The number of hydrogen-bond donors (Lipinski definition) is 1. The van der Waals surface area contributed by atoms with Gasteiger partial charge in [0.2, 0.25) is 0 Å². The van der Waals surface area contributed by atoms with Crippen LogP contribution in [-0.2, 0) is 15.6 Å². The third-order valence-corrected chi connectivity index (χ3v) is 4.44. The summed E-state index contributed by atoms with van der Waals surface area (Å²) in [5, 5.41) is 0.427. The van der Waals surface area contributed by atoms with Crippen molar-refractivity contribution in [2.75, 3.05) is 12.3 Å². The fraction of sp³-hybridized carbons (Fsp3) is 0.455. The first kappa shape index (κ1) is 16.3. The van der Waals surface area contributed by atoms with Crippen LogP contribution in [-0.4, -0.2) is 26.9 Å². The summed E-state index contributed by atoms with van der Waals surface area (Å²) in [4.78, 5) is 0. The van der Waals surface area contributed by atoms with Gasteiger partial charge in [0.1, 0.15) is 0 Å². The lowest BCUT2D eigenvalue weighted by Gasteiger charge is -2.18. The van der Waals surface area contributed by atoms with E-state index in [0.717, 1.165) is 0 Å². The van der Waals surface area contributed by atoms with Gasteiger partial charge in [-0.1, -0.05) is 23.7 Å². The van der Waals surface area contributed by atoms with E-state index in [1.807, 2.05) is 0 Å². The highest BCUT2D eigenvalue weighted by molar-refractivity contribution is 7.90. The molecule has 0 amide bonds. The summed E-state index contributed by atoms with van der Waals surface area (Å²) in [6.45, 7) is -0.747. The maximum atomic E-state index is 12.5. The Hall–Kier alpha value is -0.790. The van der Waals surface area contributed by atoms with E-state index in [-0.39, 0.29) is 0 Å². The van der Waals surface area contributed by atoms with Crippen molar-refractivity contribution in [1.82, 2.24) is 0 Å². The van der Waals surface area contributed by atoms with Gasteiger partial charge in [-0.15, -0.1) is 0 Å². The molecule has 0 aliphatic carbocycles. The molecule has 1 aromatic carbocycles. The van der Waals surface area contributed by atoms with Crippen molar-refractivity contribution in [1.29, 1.82) is 0 Å². The van der Waals surface area contributed by atoms with E-state index in [9.17, 15) is 21.6 Å². The molecule has 0 aliphatic heterocycles. The first-order valence-corrected chi connectivity index (χ1v) is 7.55. The van der Waals surface area contributed by atoms with E-state index in [1.165, 1.54) is 24.3 Å². The summed E-state index contributed by atoms with van der Waals surface area (Å²) in [7, 11) is -3.89. The van der Waals surface area contributed by atoms with Gasteiger partial charge < -0.3 is 5.73 Å². The summed E-state index contributed by atoms with van der Waals surface area (Å²) in [5.41, 5.74) is 5.37. The largest absolute Gasteiger partial charge is 0.393 e. The number of benzene rings is 1. The van der Waals surface area contributed by atoms with Crippen LogP contribution in [0.4, 0.5) is 13.2 Å². The summed E-state index contributed by atoms with van der Waals surface area (Å²) < 4.78 is 60.9. The smallest absolute Gasteiger partial charge is 0.330 e. The van der Waals surface area contributed by atoms with Crippen LogP contribution < -0.4 is 5.73 Å². The number of halogens is 4. The molecule has 108 valence electrons. The van der Waals surface area contributed by atoms with Gasteiger partial charge in [0.15, 0.2) is 9.84 Å². The lowest BCUT2D eigenvalue weighted by molar-refractivity contribution is -0.165. The number of sulfone groups is 1. The quantitative estimate of drug-likeness (QED) is 0.907. The van der Waals surface area contributed by atoms with Crippen LogP contribution in [0.15, 0.2) is 24.3 Å². The molecule has 1 rings (SSSR count). The molecule has 3 nitrogen and oxygen atoms in total. The molecule has 19 heavy (non-hydrogen) atoms. The molecule has 0 fully saturated rings. The van der Waals surface area contributed by atoms with Crippen LogP contribution in [0.3, 0.4) is 0 Å². The second-order valence-corrected chi connectivity index (χ2v) is 6.70. The standard InChI is InChI=1S/C11H13ClF3NO2S/c12-10-3-1-8(2-4-10)6-19(17,18)7-9(5-16)11(13,14)15/h1-4,9H,5-7,16H2. The van der Waals surface area contributed by atoms with E-state index in [4.69, 9.17) is 17.3 Å². The van der Waals surface area contributed by atoms with E-state index in [0.29, 0.717) is 10.6 Å². The number of hydrogen-bond acceptors (Lipinski definition) is 3. The van der Waals surface area contributed by atoms with Crippen molar-refractivity contribution in [3.63, 3.8) is 0 Å². The van der Waals surface area contributed by atoms with Crippen molar-refractivity contribution < 1.29 is 21.6 Å². The Labute approximate surface area is 114 Å². The maximum Gasteiger partial charge on any atom is 0.393 e. The van der Waals surface area contributed by atoms with Crippen LogP contribution in [0.1, 0.15) is 5.56 Å². The van der Waals surface area contributed by atoms with Gasteiger partial charge in [0.05, 0.1) is 17.4 Å². The van der Waals surface area contributed by atoms with Gasteiger partial charge in [-0.2, -0.15) is 13.2 Å². The second-order valence-electron chi connectivity index (χ2n) is 4.16. The predicted octanol–water partition coefficient (Wildman–Crippen LogP) is 2.39. The molecule has 1 unspecified atom stereocenters. The summed E-state index contributed by atoms with van der Waals surface area (Å²) in [6, 6.07) is 5.89. The Morgan fingerprint density at radius 2 is 1.74 bits per heavy atom. The molecule has 0 bridgehead atoms. The molecule has 2 N–H and O–H groups in total. The second kappa shape index (κ2) is 6.11. The Bertz CT molecular complexity index is 514. The molecule has 0 aromatic heterocycles. The van der Waals surface area contributed by atoms with Crippen molar-refractivity contribution in [2.24, 2.45) is 11.7 Å². The molecule has 8 heteroatoms. The molecule has 1 atom stereocenters. The molecule has 0 radical (unpaired) electrons. The SMILES string of the molecule is NCC(CS(=O)(=O)Cc1ccc(Cl)cc1)C(F)(F)F. The zero-order chi connectivity index (χ0) is 14.7. The zero-order valence-corrected chi connectivity index (χ0v) is 11.4.